The van der Waals surface area contributed by atoms with Crippen LogP contribution in [0, 0.1) is 0 Å². The van der Waals surface area contributed by atoms with E-state index < -0.39 is 5.97 Å². The molecule has 6 nitrogen and oxygen atoms in total. The number of nitrogens with zero attached hydrogens (tertiary/aromatic N) is 3. The number of aldehydes is 1. The van der Waals surface area contributed by atoms with E-state index in [-0.39, 0.29) is 5.56 Å². The van der Waals surface area contributed by atoms with Crippen molar-refractivity contribution < 1.29 is 14.7 Å². The van der Waals surface area contributed by atoms with Crippen LogP contribution >= 0.6 is 0 Å². The molecule has 21 heavy (non-hydrogen) atoms. The van der Waals surface area contributed by atoms with Gasteiger partial charge in [0.1, 0.15) is 5.69 Å². The third kappa shape index (κ3) is 3.53. The average molecular weight is 287 g/mol. The Hall–Kier alpha value is -2.50. The summed E-state index contributed by atoms with van der Waals surface area (Å²) in [6.07, 6.45) is 3.47. The zero-order valence-electron chi connectivity index (χ0n) is 11.8. The van der Waals surface area contributed by atoms with E-state index in [9.17, 15) is 9.59 Å². The van der Waals surface area contributed by atoms with Gasteiger partial charge in [-0.25, -0.2) is 9.48 Å². The maximum Gasteiger partial charge on any atom is 0.335 e. The summed E-state index contributed by atoms with van der Waals surface area (Å²) in [4.78, 5) is 21.8. The van der Waals surface area contributed by atoms with E-state index in [1.807, 2.05) is 0 Å². The highest BCUT2D eigenvalue weighted by Gasteiger charge is 2.12. The summed E-state index contributed by atoms with van der Waals surface area (Å²) < 4.78 is 1.70. The van der Waals surface area contributed by atoms with Crippen LogP contribution < -0.4 is 0 Å². The second-order valence-electron chi connectivity index (χ2n) is 4.80. The first-order chi connectivity index (χ1) is 10.2. The molecule has 0 spiro atoms. The lowest BCUT2D eigenvalue weighted by atomic mass is 10.1. The molecule has 2 aromatic rings. The number of aromatic nitrogens is 3. The van der Waals surface area contributed by atoms with E-state index in [2.05, 4.69) is 17.2 Å². The summed E-state index contributed by atoms with van der Waals surface area (Å²) in [5.74, 6) is -0.950. The Labute approximate surface area is 122 Å². The van der Waals surface area contributed by atoms with Crippen LogP contribution in [0.15, 0.2) is 24.3 Å². The van der Waals surface area contributed by atoms with Gasteiger partial charge in [-0.3, -0.25) is 4.79 Å². The number of hydrogen-bond donors (Lipinski definition) is 1. The lowest BCUT2D eigenvalue weighted by molar-refractivity contribution is 0.0696. The van der Waals surface area contributed by atoms with Gasteiger partial charge in [-0.1, -0.05) is 30.7 Å². The van der Waals surface area contributed by atoms with Crippen molar-refractivity contribution in [2.75, 3.05) is 0 Å². The summed E-state index contributed by atoms with van der Waals surface area (Å²) in [7, 11) is 0. The number of carboxylic acid groups (broad SMARTS) is 1. The van der Waals surface area contributed by atoms with Gasteiger partial charge in [0.25, 0.3) is 0 Å². The van der Waals surface area contributed by atoms with Gasteiger partial charge in [-0.15, -0.1) is 5.10 Å². The van der Waals surface area contributed by atoms with Crippen LogP contribution in [0.2, 0.25) is 0 Å². The monoisotopic (exact) mass is 287 g/mol. The molecule has 0 saturated heterocycles. The molecule has 1 aromatic carbocycles. The first-order valence-electron chi connectivity index (χ1n) is 6.85. The maximum atomic E-state index is 11.0. The molecule has 1 N–H and O–H groups in total. The Kier molecular flexibility index (Phi) is 4.81. The summed E-state index contributed by atoms with van der Waals surface area (Å²) in [6.45, 7) is 2.55. The zero-order valence-corrected chi connectivity index (χ0v) is 11.8. The van der Waals surface area contributed by atoms with Gasteiger partial charge in [0, 0.05) is 0 Å². The molecule has 0 atom stereocenters. The molecule has 1 heterocycles. The van der Waals surface area contributed by atoms with Crippen LogP contribution in [0.3, 0.4) is 0 Å². The minimum atomic E-state index is -0.950. The number of carboxylic acids is 1. The first kappa shape index (κ1) is 14.9. The van der Waals surface area contributed by atoms with Crippen LogP contribution in [-0.4, -0.2) is 32.4 Å². The fourth-order valence-corrected chi connectivity index (χ4v) is 2.09. The Morgan fingerprint density at radius 3 is 2.62 bits per heavy atom. The second-order valence-corrected chi connectivity index (χ2v) is 4.80. The van der Waals surface area contributed by atoms with Gasteiger partial charge in [0.05, 0.1) is 17.8 Å². The van der Waals surface area contributed by atoms with Gasteiger partial charge in [0.2, 0.25) is 0 Å². The van der Waals surface area contributed by atoms with E-state index >= 15 is 0 Å². The van der Waals surface area contributed by atoms with Crippen molar-refractivity contribution in [1.82, 2.24) is 15.0 Å². The molecule has 110 valence electrons. The molecule has 0 fully saturated rings. The van der Waals surface area contributed by atoms with Gasteiger partial charge in [-0.05, 0) is 30.5 Å². The second kappa shape index (κ2) is 6.78. The van der Waals surface area contributed by atoms with E-state index in [0.29, 0.717) is 12.2 Å². The molecule has 0 saturated carbocycles. The largest absolute Gasteiger partial charge is 0.478 e. The van der Waals surface area contributed by atoms with Crippen molar-refractivity contribution in [3.05, 3.63) is 46.8 Å². The predicted molar refractivity (Wildman–Crippen MR) is 76.5 cm³/mol. The molecule has 1 aromatic heterocycles. The molecule has 0 aliphatic rings. The number of hydrogen-bond acceptors (Lipinski definition) is 4. The minimum Gasteiger partial charge on any atom is -0.478 e. The molecule has 0 aliphatic heterocycles. The molecule has 0 unspecified atom stereocenters. The van der Waals surface area contributed by atoms with Gasteiger partial charge in [0.15, 0.2) is 6.29 Å². The van der Waals surface area contributed by atoms with Crippen molar-refractivity contribution in [2.45, 2.75) is 32.7 Å². The normalized spacial score (nSPS) is 10.5. The van der Waals surface area contributed by atoms with Gasteiger partial charge < -0.3 is 5.11 Å². The van der Waals surface area contributed by atoms with E-state index in [0.717, 1.165) is 36.8 Å². The predicted octanol–water partition coefficient (Wildman–Crippen LogP) is 2.18. The zero-order chi connectivity index (χ0) is 15.2. The number of unbranched alkanes of at least 4 members (excludes halogenated alkanes) is 1. The topological polar surface area (TPSA) is 85.1 Å². The fraction of sp³-hybridized carbons (Fsp3) is 0.333. The van der Waals surface area contributed by atoms with Crippen LogP contribution in [-0.2, 0) is 13.0 Å². The molecular weight excluding hydrogens is 270 g/mol. The molecule has 0 radical (unpaired) electrons. The van der Waals surface area contributed by atoms with Crippen molar-refractivity contribution in [2.24, 2.45) is 0 Å². The van der Waals surface area contributed by atoms with Crippen LogP contribution in [0.1, 0.15) is 51.9 Å². The Morgan fingerprint density at radius 2 is 2.05 bits per heavy atom. The lowest BCUT2D eigenvalue weighted by Crippen LogP contribution is -2.08. The smallest absolute Gasteiger partial charge is 0.335 e. The van der Waals surface area contributed by atoms with Crippen LogP contribution in [0.4, 0.5) is 0 Å². The number of benzene rings is 1. The fourth-order valence-electron chi connectivity index (χ4n) is 2.09. The van der Waals surface area contributed by atoms with E-state index in [4.69, 9.17) is 5.11 Å². The molecular formula is C15H17N3O3. The number of carbonyl (C=O) groups is 2. The number of carbonyl (C=O) groups excluding carboxylic acids is 1. The van der Waals surface area contributed by atoms with E-state index in [1.165, 1.54) is 0 Å². The summed E-state index contributed by atoms with van der Waals surface area (Å²) in [5, 5.41) is 16.8. The average Bonchev–Trinajstić information content (AvgIpc) is 2.87. The summed E-state index contributed by atoms with van der Waals surface area (Å²) >= 11 is 0. The van der Waals surface area contributed by atoms with Crippen molar-refractivity contribution in [3.8, 4) is 0 Å². The molecule has 0 aliphatic carbocycles. The number of aromatic carboxylic acids is 1. The van der Waals surface area contributed by atoms with E-state index in [1.54, 1.807) is 28.9 Å². The highest BCUT2D eigenvalue weighted by atomic mass is 16.4. The Morgan fingerprint density at radius 1 is 1.33 bits per heavy atom. The van der Waals surface area contributed by atoms with Crippen molar-refractivity contribution in [1.29, 1.82) is 0 Å². The SMILES string of the molecule is CCCCc1c(C=O)nnn1Cc1ccc(C(=O)O)cc1. The van der Waals surface area contributed by atoms with Gasteiger partial charge >= 0.3 is 5.97 Å². The molecule has 0 amide bonds. The highest BCUT2D eigenvalue weighted by molar-refractivity contribution is 5.87. The Bertz CT molecular complexity index is 632. The van der Waals surface area contributed by atoms with Crippen molar-refractivity contribution >= 4 is 12.3 Å². The third-order valence-electron chi connectivity index (χ3n) is 3.28. The quantitative estimate of drug-likeness (QED) is 0.789. The maximum absolute atomic E-state index is 11.0. The highest BCUT2D eigenvalue weighted by Crippen LogP contribution is 2.12. The Balaban J connectivity index is 2.20. The molecule has 2 rings (SSSR count). The van der Waals surface area contributed by atoms with Crippen molar-refractivity contribution in [3.63, 3.8) is 0 Å². The van der Waals surface area contributed by atoms with Crippen LogP contribution in [0.5, 0.6) is 0 Å². The van der Waals surface area contributed by atoms with Crippen LogP contribution in [0.25, 0.3) is 0 Å². The lowest BCUT2D eigenvalue weighted by Gasteiger charge is -2.07. The third-order valence-corrected chi connectivity index (χ3v) is 3.28. The number of rotatable bonds is 7. The standard InChI is InChI=1S/C15H17N3O3/c1-2-3-4-14-13(10-19)16-17-18(14)9-11-5-7-12(8-6-11)15(20)21/h5-8,10H,2-4,9H2,1H3,(H,20,21). The summed E-state index contributed by atoms with van der Waals surface area (Å²) in [5.41, 5.74) is 2.37. The molecule has 6 heteroatoms. The van der Waals surface area contributed by atoms with Gasteiger partial charge in [-0.2, -0.15) is 0 Å². The minimum absolute atomic E-state index is 0.247. The molecule has 0 bridgehead atoms. The first-order valence-corrected chi connectivity index (χ1v) is 6.85. The summed E-state index contributed by atoms with van der Waals surface area (Å²) in [6, 6.07) is 6.60.